The largest absolute Gasteiger partial charge is 0.274 e. The number of nitrogens with zero attached hydrogens (tertiary/aromatic N) is 1. The van der Waals surface area contributed by atoms with E-state index in [9.17, 15) is 9.59 Å². The maximum absolute atomic E-state index is 13.0. The zero-order chi connectivity index (χ0) is 18.7. The number of rotatable bonds is 6. The Hall–Kier alpha value is -1.75. The fourth-order valence-electron chi connectivity index (χ4n) is 2.85. The van der Waals surface area contributed by atoms with Gasteiger partial charge in [-0.25, -0.2) is 0 Å². The van der Waals surface area contributed by atoms with Crippen LogP contribution in [0.3, 0.4) is 0 Å². The molecule has 2 aromatic rings. The minimum atomic E-state index is -0.300. The number of carbonyl (C=O) groups excluding carboxylic acids is 2. The maximum Gasteiger partial charge on any atom is 0.267 e. The van der Waals surface area contributed by atoms with E-state index in [4.69, 9.17) is 23.2 Å². The third kappa shape index (κ3) is 3.83. The molecule has 134 valence electrons. The summed E-state index contributed by atoms with van der Waals surface area (Å²) in [5, 5.41) is 0.856. The first-order chi connectivity index (χ1) is 12.5. The Morgan fingerprint density at radius 3 is 2.38 bits per heavy atom. The molecule has 1 heterocycles. The van der Waals surface area contributed by atoms with Crippen molar-refractivity contribution in [3.63, 3.8) is 0 Å². The van der Waals surface area contributed by atoms with Gasteiger partial charge in [-0.05, 0) is 29.9 Å². The van der Waals surface area contributed by atoms with E-state index >= 15 is 0 Å². The van der Waals surface area contributed by atoms with Crippen molar-refractivity contribution in [2.45, 2.75) is 13.3 Å². The minimum absolute atomic E-state index is 0.251. The van der Waals surface area contributed by atoms with E-state index in [1.54, 1.807) is 18.2 Å². The van der Waals surface area contributed by atoms with E-state index in [1.165, 1.54) is 16.7 Å². The lowest BCUT2D eigenvalue weighted by molar-refractivity contribution is -0.136. The molecule has 0 aromatic heterocycles. The number of amides is 2. The van der Waals surface area contributed by atoms with Crippen molar-refractivity contribution in [2.75, 3.05) is 12.3 Å². The summed E-state index contributed by atoms with van der Waals surface area (Å²) in [5.74, 6) is 0.139. The van der Waals surface area contributed by atoms with Crippen molar-refractivity contribution in [3.8, 4) is 0 Å². The second-order valence-corrected chi connectivity index (χ2v) is 7.88. The molecule has 6 heteroatoms. The molecule has 0 spiro atoms. The Morgan fingerprint density at radius 1 is 1.00 bits per heavy atom. The quantitative estimate of drug-likeness (QED) is 0.629. The first-order valence-electron chi connectivity index (χ1n) is 8.25. The molecule has 26 heavy (non-hydrogen) atoms. The Kier molecular flexibility index (Phi) is 6.07. The minimum Gasteiger partial charge on any atom is -0.274 e. The summed E-state index contributed by atoms with van der Waals surface area (Å²) in [6, 6.07) is 14.7. The fraction of sp³-hybridized carbons (Fsp3) is 0.200. The van der Waals surface area contributed by atoms with E-state index in [-0.39, 0.29) is 11.8 Å². The van der Waals surface area contributed by atoms with Crippen molar-refractivity contribution in [1.29, 1.82) is 0 Å². The monoisotopic (exact) mass is 405 g/mol. The van der Waals surface area contributed by atoms with Crippen molar-refractivity contribution < 1.29 is 9.59 Å². The molecule has 2 aromatic carbocycles. The van der Waals surface area contributed by atoms with Crippen molar-refractivity contribution in [3.05, 3.63) is 74.6 Å². The summed E-state index contributed by atoms with van der Waals surface area (Å²) < 4.78 is 0. The van der Waals surface area contributed by atoms with Crippen LogP contribution in [0, 0.1) is 0 Å². The van der Waals surface area contributed by atoms with Gasteiger partial charge in [0.25, 0.3) is 11.8 Å². The fourth-order valence-corrected chi connectivity index (χ4v) is 4.22. The Morgan fingerprint density at radius 2 is 1.73 bits per heavy atom. The summed E-state index contributed by atoms with van der Waals surface area (Å²) in [6.45, 7) is 2.29. The van der Waals surface area contributed by atoms with Gasteiger partial charge in [0.05, 0.1) is 15.5 Å². The normalized spacial score (nSPS) is 14.5. The molecule has 1 aliphatic heterocycles. The van der Waals surface area contributed by atoms with Gasteiger partial charge in [0.2, 0.25) is 0 Å². The smallest absolute Gasteiger partial charge is 0.267 e. The van der Waals surface area contributed by atoms with Crippen LogP contribution in [0.5, 0.6) is 0 Å². The number of hydrogen-bond donors (Lipinski definition) is 0. The molecule has 0 atom stereocenters. The van der Waals surface area contributed by atoms with Crippen LogP contribution in [-0.4, -0.2) is 29.0 Å². The zero-order valence-electron chi connectivity index (χ0n) is 14.2. The van der Waals surface area contributed by atoms with E-state index in [0.29, 0.717) is 44.8 Å². The summed E-state index contributed by atoms with van der Waals surface area (Å²) in [4.78, 5) is 27.6. The summed E-state index contributed by atoms with van der Waals surface area (Å²) in [5.41, 5.74) is 2.00. The van der Waals surface area contributed by atoms with Crippen LogP contribution in [0.4, 0.5) is 0 Å². The van der Waals surface area contributed by atoms with Gasteiger partial charge >= 0.3 is 0 Å². The second-order valence-electron chi connectivity index (χ2n) is 5.76. The predicted octanol–water partition coefficient (Wildman–Crippen LogP) is 5.07. The van der Waals surface area contributed by atoms with E-state index in [2.05, 4.69) is 0 Å². The van der Waals surface area contributed by atoms with Crippen LogP contribution in [0.15, 0.2) is 53.4 Å². The second kappa shape index (κ2) is 8.30. The molecule has 0 saturated heterocycles. The molecular formula is C20H17Cl2NO2S. The molecule has 0 saturated carbocycles. The van der Waals surface area contributed by atoms with Crippen LogP contribution in [0.2, 0.25) is 10.0 Å². The standard InChI is InChI=1S/C20H17Cl2NO2S/c1-2-26-18-17(15-9-8-14(21)12-16(15)22)19(24)23(20(18)25)11-10-13-6-4-3-5-7-13/h3-9,12H,2,10-11H2,1H3. The average Bonchev–Trinajstić information content (AvgIpc) is 2.85. The van der Waals surface area contributed by atoms with Gasteiger partial charge in [0, 0.05) is 17.1 Å². The van der Waals surface area contributed by atoms with Gasteiger partial charge in [-0.15, -0.1) is 11.8 Å². The molecule has 0 aliphatic carbocycles. The van der Waals surface area contributed by atoms with Gasteiger partial charge in [0.15, 0.2) is 0 Å². The Balaban J connectivity index is 1.91. The highest BCUT2D eigenvalue weighted by molar-refractivity contribution is 8.04. The summed E-state index contributed by atoms with van der Waals surface area (Å²) in [6.07, 6.45) is 0.615. The zero-order valence-corrected chi connectivity index (χ0v) is 16.5. The lowest BCUT2D eigenvalue weighted by Gasteiger charge is -2.15. The molecule has 3 rings (SSSR count). The van der Waals surface area contributed by atoms with Gasteiger partial charge in [-0.2, -0.15) is 0 Å². The molecule has 0 fully saturated rings. The first kappa shape index (κ1) is 19.0. The molecule has 0 bridgehead atoms. The van der Waals surface area contributed by atoms with Crippen LogP contribution >= 0.6 is 35.0 Å². The van der Waals surface area contributed by atoms with Crippen LogP contribution in [-0.2, 0) is 16.0 Å². The maximum atomic E-state index is 13.0. The molecular weight excluding hydrogens is 389 g/mol. The number of imide groups is 1. The number of hydrogen-bond acceptors (Lipinski definition) is 3. The van der Waals surface area contributed by atoms with E-state index < -0.39 is 0 Å². The van der Waals surface area contributed by atoms with E-state index in [0.717, 1.165) is 5.56 Å². The third-order valence-electron chi connectivity index (χ3n) is 4.08. The number of thioether (sulfide) groups is 1. The lowest BCUT2D eigenvalue weighted by Crippen LogP contribution is -2.33. The molecule has 3 nitrogen and oxygen atoms in total. The van der Waals surface area contributed by atoms with Gasteiger partial charge in [0.1, 0.15) is 0 Å². The van der Waals surface area contributed by atoms with Gasteiger partial charge in [-0.1, -0.05) is 66.5 Å². The average molecular weight is 406 g/mol. The van der Waals surface area contributed by atoms with Gasteiger partial charge in [-0.3, -0.25) is 14.5 Å². The molecule has 0 unspecified atom stereocenters. The highest BCUT2D eigenvalue weighted by Gasteiger charge is 2.39. The van der Waals surface area contributed by atoms with Crippen LogP contribution < -0.4 is 0 Å². The third-order valence-corrected chi connectivity index (χ3v) is 5.59. The number of halogens is 2. The van der Waals surface area contributed by atoms with Crippen molar-refractivity contribution in [2.24, 2.45) is 0 Å². The van der Waals surface area contributed by atoms with Crippen LogP contribution in [0.1, 0.15) is 18.1 Å². The first-order valence-corrected chi connectivity index (χ1v) is 9.99. The highest BCUT2D eigenvalue weighted by atomic mass is 35.5. The number of benzene rings is 2. The molecule has 2 amide bonds. The summed E-state index contributed by atoms with van der Waals surface area (Å²) in [7, 11) is 0. The SMILES string of the molecule is CCSC1=C(c2ccc(Cl)cc2Cl)C(=O)N(CCc2ccccc2)C1=O. The summed E-state index contributed by atoms with van der Waals surface area (Å²) >= 11 is 13.6. The predicted molar refractivity (Wildman–Crippen MR) is 108 cm³/mol. The topological polar surface area (TPSA) is 37.4 Å². The molecule has 0 N–H and O–H groups in total. The molecule has 0 radical (unpaired) electrons. The Labute approximate surface area is 167 Å². The van der Waals surface area contributed by atoms with Gasteiger partial charge < -0.3 is 0 Å². The van der Waals surface area contributed by atoms with Crippen LogP contribution in [0.25, 0.3) is 5.57 Å². The highest BCUT2D eigenvalue weighted by Crippen LogP contribution is 2.39. The Bertz CT molecular complexity index is 881. The molecule has 1 aliphatic rings. The van der Waals surface area contributed by atoms with Crippen molar-refractivity contribution in [1.82, 2.24) is 4.90 Å². The van der Waals surface area contributed by atoms with Crippen molar-refractivity contribution >= 4 is 52.4 Å². The number of carbonyl (C=O) groups is 2. The lowest BCUT2D eigenvalue weighted by atomic mass is 10.1. The van der Waals surface area contributed by atoms with E-state index in [1.807, 2.05) is 37.3 Å².